The summed E-state index contributed by atoms with van der Waals surface area (Å²) in [6.07, 6.45) is 1.99. The molecule has 0 amide bonds. The molecule has 1 aliphatic carbocycles. The van der Waals surface area contributed by atoms with Gasteiger partial charge in [-0.3, -0.25) is 9.89 Å². The van der Waals surface area contributed by atoms with Crippen molar-refractivity contribution < 1.29 is 14.6 Å². The number of ether oxygens (including phenoxy) is 2. The van der Waals surface area contributed by atoms with Crippen LogP contribution >= 0.6 is 0 Å². The molecule has 2 N–H and O–H groups in total. The van der Waals surface area contributed by atoms with Crippen LogP contribution in [0.3, 0.4) is 0 Å². The summed E-state index contributed by atoms with van der Waals surface area (Å²) in [5.41, 5.74) is 0. The molecular formula is C22H36N4O3. The molecule has 0 radical (unpaired) electrons. The average molecular weight is 405 g/mol. The maximum absolute atomic E-state index is 10.1. The summed E-state index contributed by atoms with van der Waals surface area (Å²) in [5.74, 6) is 2.53. The van der Waals surface area contributed by atoms with Crippen molar-refractivity contribution in [2.24, 2.45) is 10.9 Å². The molecule has 1 saturated carbocycles. The number of hydrogen-bond donors (Lipinski definition) is 2. The molecule has 1 aromatic carbocycles. The maximum Gasteiger partial charge on any atom is 0.194 e. The Kier molecular flexibility index (Phi) is 9.05. The summed E-state index contributed by atoms with van der Waals surface area (Å²) < 4.78 is 11.4. The van der Waals surface area contributed by atoms with Crippen LogP contribution in [0.4, 0.5) is 0 Å². The van der Waals surface area contributed by atoms with Crippen molar-refractivity contribution in [2.75, 3.05) is 65.6 Å². The smallest absolute Gasteiger partial charge is 0.194 e. The zero-order chi connectivity index (χ0) is 20.3. The fraction of sp³-hybridized carbons (Fsp3) is 0.682. The molecule has 1 unspecified atom stereocenters. The van der Waals surface area contributed by atoms with Gasteiger partial charge in [-0.15, -0.1) is 0 Å². The highest BCUT2D eigenvalue weighted by atomic mass is 16.5. The zero-order valence-electron chi connectivity index (χ0n) is 17.6. The van der Waals surface area contributed by atoms with Crippen LogP contribution < -0.4 is 10.1 Å². The first-order valence-electron chi connectivity index (χ1n) is 10.9. The van der Waals surface area contributed by atoms with Gasteiger partial charge in [-0.25, -0.2) is 0 Å². The van der Waals surface area contributed by atoms with E-state index in [1.54, 1.807) is 0 Å². The van der Waals surface area contributed by atoms with Crippen LogP contribution in [0, 0.1) is 5.92 Å². The molecule has 1 heterocycles. The molecule has 29 heavy (non-hydrogen) atoms. The van der Waals surface area contributed by atoms with E-state index in [9.17, 15) is 5.11 Å². The standard InChI is InChI=1S/C22H36N4O3/c1-2-23-22(24-16-20(27)18-28-17-19-8-9-19)26-12-10-25(11-13-26)14-15-29-21-6-4-3-5-7-21/h3-7,19-20,27H,2,8-18H2,1H3,(H,23,24). The second kappa shape index (κ2) is 12.0. The van der Waals surface area contributed by atoms with Gasteiger partial charge in [0.05, 0.1) is 19.3 Å². The Balaban J connectivity index is 1.35. The monoisotopic (exact) mass is 404 g/mol. The topological polar surface area (TPSA) is 69.6 Å². The first-order chi connectivity index (χ1) is 14.2. The van der Waals surface area contributed by atoms with Crippen molar-refractivity contribution >= 4 is 5.96 Å². The van der Waals surface area contributed by atoms with Gasteiger partial charge >= 0.3 is 0 Å². The highest BCUT2D eigenvalue weighted by Gasteiger charge is 2.22. The highest BCUT2D eigenvalue weighted by Crippen LogP contribution is 2.28. The molecule has 2 aliphatic rings. The SMILES string of the molecule is CCNC(=NCC(O)COCC1CC1)N1CCN(CCOc2ccccc2)CC1. The number of aliphatic hydroxyl groups excluding tert-OH is 1. The van der Waals surface area contributed by atoms with Gasteiger partial charge in [-0.1, -0.05) is 18.2 Å². The molecule has 1 atom stereocenters. The number of benzene rings is 1. The highest BCUT2D eigenvalue weighted by molar-refractivity contribution is 5.80. The molecule has 7 heteroatoms. The van der Waals surface area contributed by atoms with Crippen LogP contribution in [0.5, 0.6) is 5.75 Å². The maximum atomic E-state index is 10.1. The molecule has 0 aromatic heterocycles. The summed E-state index contributed by atoms with van der Waals surface area (Å²) in [4.78, 5) is 9.33. The molecule has 3 rings (SSSR count). The van der Waals surface area contributed by atoms with E-state index >= 15 is 0 Å². The van der Waals surface area contributed by atoms with E-state index in [0.717, 1.165) is 63.5 Å². The van der Waals surface area contributed by atoms with Crippen molar-refractivity contribution in [3.8, 4) is 5.75 Å². The Hall–Kier alpha value is -1.83. The summed E-state index contributed by atoms with van der Waals surface area (Å²) in [6, 6.07) is 9.96. The summed E-state index contributed by atoms with van der Waals surface area (Å²) in [5, 5.41) is 13.5. The molecular weight excluding hydrogens is 368 g/mol. The van der Waals surface area contributed by atoms with Crippen LogP contribution in [0.1, 0.15) is 19.8 Å². The van der Waals surface area contributed by atoms with Crippen molar-refractivity contribution in [1.82, 2.24) is 15.1 Å². The number of para-hydroxylation sites is 1. The van der Waals surface area contributed by atoms with Gasteiger partial charge in [0.25, 0.3) is 0 Å². The number of piperazine rings is 1. The van der Waals surface area contributed by atoms with Gasteiger partial charge in [0.1, 0.15) is 12.4 Å². The molecule has 1 saturated heterocycles. The second-order valence-electron chi connectivity index (χ2n) is 7.82. The number of hydrogen-bond acceptors (Lipinski definition) is 5. The first kappa shape index (κ1) is 21.9. The minimum absolute atomic E-state index is 0.370. The van der Waals surface area contributed by atoms with E-state index in [4.69, 9.17) is 9.47 Å². The summed E-state index contributed by atoms with van der Waals surface area (Å²) in [7, 11) is 0. The molecule has 1 aliphatic heterocycles. The molecule has 1 aromatic rings. The Morgan fingerprint density at radius 2 is 1.97 bits per heavy atom. The minimum atomic E-state index is -0.543. The summed E-state index contributed by atoms with van der Waals surface area (Å²) >= 11 is 0. The number of nitrogens with one attached hydrogen (secondary N) is 1. The lowest BCUT2D eigenvalue weighted by atomic mass is 10.3. The van der Waals surface area contributed by atoms with E-state index in [2.05, 4.69) is 27.0 Å². The number of guanidine groups is 1. The normalized spacial score (nSPS) is 19.2. The van der Waals surface area contributed by atoms with Crippen LogP contribution in [0.2, 0.25) is 0 Å². The first-order valence-corrected chi connectivity index (χ1v) is 10.9. The Morgan fingerprint density at radius 1 is 1.21 bits per heavy atom. The second-order valence-corrected chi connectivity index (χ2v) is 7.82. The van der Waals surface area contributed by atoms with Crippen molar-refractivity contribution in [3.63, 3.8) is 0 Å². The molecule has 0 bridgehead atoms. The van der Waals surface area contributed by atoms with Gasteiger partial charge in [0, 0.05) is 45.9 Å². The predicted octanol–water partition coefficient (Wildman–Crippen LogP) is 1.44. The van der Waals surface area contributed by atoms with Crippen molar-refractivity contribution in [1.29, 1.82) is 0 Å². The summed E-state index contributed by atoms with van der Waals surface area (Å²) in [6.45, 7) is 9.84. The van der Waals surface area contributed by atoms with E-state index in [0.29, 0.717) is 19.8 Å². The van der Waals surface area contributed by atoms with Gasteiger partial charge < -0.3 is 24.8 Å². The fourth-order valence-corrected chi connectivity index (χ4v) is 3.32. The third kappa shape index (κ3) is 8.20. The lowest BCUT2D eigenvalue weighted by Gasteiger charge is -2.36. The van der Waals surface area contributed by atoms with Crippen LogP contribution in [-0.4, -0.2) is 92.6 Å². The Morgan fingerprint density at radius 3 is 2.66 bits per heavy atom. The third-order valence-electron chi connectivity index (χ3n) is 5.24. The van der Waals surface area contributed by atoms with E-state index < -0.39 is 6.10 Å². The third-order valence-corrected chi connectivity index (χ3v) is 5.24. The quantitative estimate of drug-likeness (QED) is 0.430. The van der Waals surface area contributed by atoms with Crippen LogP contribution in [0.15, 0.2) is 35.3 Å². The fourth-order valence-electron chi connectivity index (χ4n) is 3.32. The minimum Gasteiger partial charge on any atom is -0.492 e. The van der Waals surface area contributed by atoms with Crippen molar-refractivity contribution in [3.05, 3.63) is 30.3 Å². The van der Waals surface area contributed by atoms with Crippen LogP contribution in [0.25, 0.3) is 0 Å². The number of rotatable bonds is 11. The number of aliphatic hydroxyl groups is 1. The largest absolute Gasteiger partial charge is 0.492 e. The predicted molar refractivity (Wildman–Crippen MR) is 115 cm³/mol. The Bertz CT molecular complexity index is 601. The van der Waals surface area contributed by atoms with Gasteiger partial charge in [0.2, 0.25) is 0 Å². The van der Waals surface area contributed by atoms with E-state index in [-0.39, 0.29) is 0 Å². The number of nitrogens with zero attached hydrogens (tertiary/aromatic N) is 3. The van der Waals surface area contributed by atoms with Gasteiger partial charge in [-0.2, -0.15) is 0 Å². The lowest BCUT2D eigenvalue weighted by Crippen LogP contribution is -2.53. The van der Waals surface area contributed by atoms with Gasteiger partial charge in [0.15, 0.2) is 5.96 Å². The lowest BCUT2D eigenvalue weighted by molar-refractivity contribution is 0.0367. The van der Waals surface area contributed by atoms with E-state index in [1.165, 1.54) is 12.8 Å². The average Bonchev–Trinajstić information content (AvgIpc) is 3.57. The number of aliphatic imine (C=N–C) groups is 1. The molecule has 2 fully saturated rings. The Labute approximate surface area is 174 Å². The molecule has 162 valence electrons. The van der Waals surface area contributed by atoms with Crippen molar-refractivity contribution in [2.45, 2.75) is 25.9 Å². The van der Waals surface area contributed by atoms with E-state index in [1.807, 2.05) is 30.3 Å². The molecule has 7 nitrogen and oxygen atoms in total. The molecule has 0 spiro atoms. The van der Waals surface area contributed by atoms with Crippen LogP contribution in [-0.2, 0) is 4.74 Å². The van der Waals surface area contributed by atoms with Gasteiger partial charge in [-0.05, 0) is 37.8 Å². The zero-order valence-corrected chi connectivity index (χ0v) is 17.6.